The predicted octanol–water partition coefficient (Wildman–Crippen LogP) is 3.25. The van der Waals surface area contributed by atoms with E-state index in [1.807, 2.05) is 0 Å². The van der Waals surface area contributed by atoms with E-state index in [1.54, 1.807) is 24.3 Å². The number of benzene rings is 2. The number of hydrogen-bond donors (Lipinski definition) is 1. The van der Waals surface area contributed by atoms with Gasteiger partial charge in [-0.25, -0.2) is 4.79 Å². The number of aromatic carboxylic acids is 1. The van der Waals surface area contributed by atoms with E-state index in [0.717, 1.165) is 0 Å². The van der Waals surface area contributed by atoms with Crippen LogP contribution < -0.4 is 0 Å². The third kappa shape index (κ3) is 1.31. The van der Waals surface area contributed by atoms with Crippen LogP contribution in [0.4, 0.5) is 0 Å². The molecule has 0 aliphatic heterocycles. The number of rotatable bonds is 1. The Morgan fingerprint density at radius 1 is 1.00 bits per heavy atom. The van der Waals surface area contributed by atoms with Gasteiger partial charge in [0.05, 0.1) is 10.6 Å². The van der Waals surface area contributed by atoms with E-state index in [1.165, 1.54) is 12.1 Å². The maximum absolute atomic E-state index is 12.2. The lowest BCUT2D eigenvalue weighted by molar-refractivity contribution is 0.0697. The van der Waals surface area contributed by atoms with Gasteiger partial charge in [-0.3, -0.25) is 4.79 Å². The summed E-state index contributed by atoms with van der Waals surface area (Å²) < 4.78 is 0. The van der Waals surface area contributed by atoms with Gasteiger partial charge >= 0.3 is 5.97 Å². The highest BCUT2D eigenvalue weighted by Crippen LogP contribution is 2.42. The van der Waals surface area contributed by atoms with Crippen LogP contribution in [-0.4, -0.2) is 16.9 Å². The Hall–Kier alpha value is -2.13. The number of carboxylic acid groups (broad SMARTS) is 1. The number of carboxylic acids is 1. The zero-order valence-corrected chi connectivity index (χ0v) is 9.86. The van der Waals surface area contributed by atoms with Crippen molar-refractivity contribution in [3.05, 3.63) is 58.1 Å². The molecular weight excluding hydrogens is 252 g/mol. The lowest BCUT2D eigenvalue weighted by Gasteiger charge is -2.05. The normalized spacial score (nSPS) is 12.2. The fourth-order valence-electron chi connectivity index (χ4n) is 2.29. The Kier molecular flexibility index (Phi) is 2.25. The van der Waals surface area contributed by atoms with Crippen molar-refractivity contribution < 1.29 is 14.7 Å². The van der Waals surface area contributed by atoms with E-state index in [-0.39, 0.29) is 21.9 Å². The van der Waals surface area contributed by atoms with Crippen LogP contribution in [0.1, 0.15) is 26.3 Å². The van der Waals surface area contributed by atoms with Crippen molar-refractivity contribution in [1.29, 1.82) is 0 Å². The van der Waals surface area contributed by atoms with Crippen molar-refractivity contribution in [2.24, 2.45) is 0 Å². The number of carbonyl (C=O) groups is 2. The molecule has 2 aromatic carbocycles. The van der Waals surface area contributed by atoms with Crippen molar-refractivity contribution in [3.8, 4) is 11.1 Å². The summed E-state index contributed by atoms with van der Waals surface area (Å²) in [5.74, 6) is -1.28. The first kappa shape index (κ1) is 11.0. The quantitative estimate of drug-likeness (QED) is 0.729. The van der Waals surface area contributed by atoms with Crippen LogP contribution in [0, 0.1) is 0 Å². The van der Waals surface area contributed by atoms with Crippen LogP contribution in [0.15, 0.2) is 36.4 Å². The molecule has 0 unspecified atom stereocenters. The fraction of sp³-hybridized carbons (Fsp3) is 0. The first-order chi connectivity index (χ1) is 8.61. The number of fused-ring (bicyclic) bond motifs is 3. The second-order valence-electron chi connectivity index (χ2n) is 4.02. The highest BCUT2D eigenvalue weighted by molar-refractivity contribution is 6.38. The molecule has 0 spiro atoms. The van der Waals surface area contributed by atoms with Crippen LogP contribution in [-0.2, 0) is 0 Å². The molecule has 88 valence electrons. The summed E-state index contributed by atoms with van der Waals surface area (Å²) in [6, 6.07) is 9.82. The van der Waals surface area contributed by atoms with E-state index >= 15 is 0 Å². The van der Waals surface area contributed by atoms with E-state index in [2.05, 4.69) is 0 Å². The molecule has 3 nitrogen and oxygen atoms in total. The summed E-state index contributed by atoms with van der Waals surface area (Å²) >= 11 is 6.02. The SMILES string of the molecule is O=C(O)c1ccc(Cl)c2c1-c1ccccc1C2=O. The average molecular weight is 259 g/mol. The first-order valence-corrected chi connectivity index (χ1v) is 5.69. The van der Waals surface area contributed by atoms with E-state index in [4.69, 9.17) is 11.6 Å². The second-order valence-corrected chi connectivity index (χ2v) is 4.43. The van der Waals surface area contributed by atoms with Crippen LogP contribution in [0.25, 0.3) is 11.1 Å². The Balaban J connectivity index is 2.46. The number of hydrogen-bond acceptors (Lipinski definition) is 2. The van der Waals surface area contributed by atoms with Gasteiger partial charge in [-0.2, -0.15) is 0 Å². The third-order valence-electron chi connectivity index (χ3n) is 3.05. The van der Waals surface area contributed by atoms with Gasteiger partial charge in [0, 0.05) is 16.7 Å². The molecule has 0 saturated heterocycles. The predicted molar refractivity (Wildman–Crippen MR) is 67.3 cm³/mol. The van der Waals surface area contributed by atoms with Crippen LogP contribution in [0.5, 0.6) is 0 Å². The maximum atomic E-state index is 12.2. The van der Waals surface area contributed by atoms with Gasteiger partial charge in [0.2, 0.25) is 0 Å². The summed E-state index contributed by atoms with van der Waals surface area (Å²) in [5.41, 5.74) is 1.96. The zero-order valence-electron chi connectivity index (χ0n) is 9.11. The molecule has 2 aromatic rings. The molecule has 0 amide bonds. The topological polar surface area (TPSA) is 54.4 Å². The highest BCUT2D eigenvalue weighted by Gasteiger charge is 2.32. The lowest BCUT2D eigenvalue weighted by Crippen LogP contribution is -2.02. The van der Waals surface area contributed by atoms with E-state index in [0.29, 0.717) is 16.7 Å². The zero-order chi connectivity index (χ0) is 12.9. The van der Waals surface area contributed by atoms with Crippen molar-refractivity contribution >= 4 is 23.4 Å². The standard InChI is InChI=1S/C14H7ClO3/c15-10-6-5-9(14(17)18)11-7-3-1-2-4-8(7)13(16)12(10)11/h1-6H,(H,17,18). The minimum absolute atomic E-state index is 0.104. The fourth-order valence-corrected chi connectivity index (χ4v) is 2.53. The van der Waals surface area contributed by atoms with Gasteiger partial charge in [-0.15, -0.1) is 0 Å². The van der Waals surface area contributed by atoms with Crippen LogP contribution >= 0.6 is 11.6 Å². The molecule has 1 N–H and O–H groups in total. The molecule has 0 heterocycles. The molecule has 0 saturated carbocycles. The van der Waals surface area contributed by atoms with Gasteiger partial charge in [-0.05, 0) is 17.7 Å². The van der Waals surface area contributed by atoms with Crippen molar-refractivity contribution in [2.45, 2.75) is 0 Å². The van der Waals surface area contributed by atoms with E-state index in [9.17, 15) is 14.7 Å². The number of carbonyl (C=O) groups excluding carboxylic acids is 1. The lowest BCUT2D eigenvalue weighted by atomic mass is 9.99. The van der Waals surface area contributed by atoms with Crippen molar-refractivity contribution in [3.63, 3.8) is 0 Å². The number of halogens is 1. The smallest absolute Gasteiger partial charge is 0.336 e. The monoisotopic (exact) mass is 258 g/mol. The highest BCUT2D eigenvalue weighted by atomic mass is 35.5. The third-order valence-corrected chi connectivity index (χ3v) is 3.37. The molecule has 1 aliphatic carbocycles. The van der Waals surface area contributed by atoms with Gasteiger partial charge in [0.1, 0.15) is 0 Å². The summed E-state index contributed by atoms with van der Waals surface area (Å²) in [5, 5.41) is 9.49. The van der Waals surface area contributed by atoms with Crippen LogP contribution in [0.2, 0.25) is 5.02 Å². The van der Waals surface area contributed by atoms with Gasteiger partial charge in [0.15, 0.2) is 5.78 Å². The molecule has 0 atom stereocenters. The van der Waals surface area contributed by atoms with Gasteiger partial charge < -0.3 is 5.11 Å². The molecule has 3 rings (SSSR count). The maximum Gasteiger partial charge on any atom is 0.336 e. The van der Waals surface area contributed by atoms with Crippen LogP contribution in [0.3, 0.4) is 0 Å². The number of ketones is 1. The Morgan fingerprint density at radius 2 is 1.67 bits per heavy atom. The minimum Gasteiger partial charge on any atom is -0.478 e. The summed E-state index contributed by atoms with van der Waals surface area (Å²) in [7, 11) is 0. The average Bonchev–Trinajstić information content (AvgIpc) is 2.65. The summed E-state index contributed by atoms with van der Waals surface area (Å²) in [6.07, 6.45) is 0. The Labute approximate surface area is 108 Å². The first-order valence-electron chi connectivity index (χ1n) is 5.31. The summed E-state index contributed by atoms with van der Waals surface area (Å²) in [6.45, 7) is 0. The summed E-state index contributed by atoms with van der Waals surface area (Å²) in [4.78, 5) is 23.4. The second kappa shape index (κ2) is 3.68. The molecule has 0 fully saturated rings. The van der Waals surface area contributed by atoms with Gasteiger partial charge in [0.25, 0.3) is 0 Å². The van der Waals surface area contributed by atoms with Crippen molar-refractivity contribution in [2.75, 3.05) is 0 Å². The van der Waals surface area contributed by atoms with Gasteiger partial charge in [-0.1, -0.05) is 35.9 Å². The molecule has 1 aliphatic rings. The molecule has 0 aromatic heterocycles. The Morgan fingerprint density at radius 3 is 2.33 bits per heavy atom. The van der Waals surface area contributed by atoms with E-state index < -0.39 is 5.97 Å². The van der Waals surface area contributed by atoms with Crippen molar-refractivity contribution in [1.82, 2.24) is 0 Å². The molecule has 18 heavy (non-hydrogen) atoms. The Bertz CT molecular complexity index is 704. The largest absolute Gasteiger partial charge is 0.478 e. The molecular formula is C14H7ClO3. The molecule has 0 radical (unpaired) electrons. The molecule has 0 bridgehead atoms. The minimum atomic E-state index is -1.06. The molecule has 4 heteroatoms.